The summed E-state index contributed by atoms with van der Waals surface area (Å²) in [5, 5.41) is 0. The molecule has 0 aliphatic heterocycles. The summed E-state index contributed by atoms with van der Waals surface area (Å²) in [6, 6.07) is 9.87. The lowest BCUT2D eigenvalue weighted by Crippen LogP contribution is -2.40. The van der Waals surface area contributed by atoms with Crippen LogP contribution in [0.2, 0.25) is 0 Å². The predicted octanol–water partition coefficient (Wildman–Crippen LogP) is 4.46. The van der Waals surface area contributed by atoms with Crippen molar-refractivity contribution in [3.8, 4) is 5.75 Å². The van der Waals surface area contributed by atoms with Crippen LogP contribution in [0.3, 0.4) is 0 Å². The third-order valence-electron chi connectivity index (χ3n) is 3.17. The van der Waals surface area contributed by atoms with Crippen molar-refractivity contribution in [2.24, 2.45) is 11.8 Å². The fraction of sp³-hybridized carbons (Fsp3) is 0.667. The average Bonchev–Trinajstić information content (AvgIpc) is 2.43. The third kappa shape index (κ3) is 9.29. The largest absolute Gasteiger partial charge is 0.491 e. The van der Waals surface area contributed by atoms with Crippen LogP contribution >= 0.6 is 12.4 Å². The molecule has 0 fully saturated rings. The van der Waals surface area contributed by atoms with E-state index < -0.39 is 0 Å². The normalized spacial score (nSPS) is 12.5. The second-order valence-electron chi connectivity index (χ2n) is 6.37. The van der Waals surface area contributed by atoms with Gasteiger partial charge in [0, 0.05) is 13.1 Å². The Labute approximate surface area is 142 Å². The minimum absolute atomic E-state index is 0. The maximum Gasteiger partial charge on any atom is 0.119 e. The standard InChI is InChI=1S/C18H31NO2.ClH/c1-15(2)13-19(14-16(3)4)17(5)20-11-12-21-18-9-7-6-8-10-18;/h6-10,15-17H,11-14H2,1-5H3;1H. The van der Waals surface area contributed by atoms with Gasteiger partial charge in [0.15, 0.2) is 0 Å². The van der Waals surface area contributed by atoms with E-state index in [9.17, 15) is 0 Å². The zero-order valence-corrected chi connectivity index (χ0v) is 15.4. The van der Waals surface area contributed by atoms with Gasteiger partial charge in [-0.15, -0.1) is 12.4 Å². The highest BCUT2D eigenvalue weighted by molar-refractivity contribution is 5.85. The molecule has 4 heteroatoms. The van der Waals surface area contributed by atoms with Crippen LogP contribution < -0.4 is 4.74 Å². The van der Waals surface area contributed by atoms with Crippen LogP contribution in [0, 0.1) is 11.8 Å². The van der Waals surface area contributed by atoms with Crippen LogP contribution in [-0.4, -0.2) is 37.4 Å². The van der Waals surface area contributed by atoms with Crippen molar-refractivity contribution < 1.29 is 9.47 Å². The molecule has 128 valence electrons. The van der Waals surface area contributed by atoms with E-state index in [4.69, 9.17) is 9.47 Å². The number of hydrogen-bond acceptors (Lipinski definition) is 3. The first-order valence-electron chi connectivity index (χ1n) is 8.02. The average molecular weight is 330 g/mol. The molecule has 0 saturated carbocycles. The summed E-state index contributed by atoms with van der Waals surface area (Å²) in [6.45, 7) is 14.5. The highest BCUT2D eigenvalue weighted by atomic mass is 35.5. The van der Waals surface area contributed by atoms with Gasteiger partial charge >= 0.3 is 0 Å². The summed E-state index contributed by atoms with van der Waals surface area (Å²) in [7, 11) is 0. The number of para-hydroxylation sites is 1. The first kappa shape index (κ1) is 21.2. The molecule has 0 saturated heterocycles. The summed E-state index contributed by atoms with van der Waals surface area (Å²) in [6.07, 6.45) is 0.133. The molecule has 0 spiro atoms. The van der Waals surface area contributed by atoms with Crippen molar-refractivity contribution in [1.82, 2.24) is 4.90 Å². The maximum atomic E-state index is 5.93. The van der Waals surface area contributed by atoms with Crippen molar-refractivity contribution >= 4 is 12.4 Å². The molecule has 1 aromatic rings. The van der Waals surface area contributed by atoms with Crippen molar-refractivity contribution in [1.29, 1.82) is 0 Å². The summed E-state index contributed by atoms with van der Waals surface area (Å²) in [4.78, 5) is 2.41. The van der Waals surface area contributed by atoms with E-state index in [1.165, 1.54) is 0 Å². The smallest absolute Gasteiger partial charge is 0.119 e. The van der Waals surface area contributed by atoms with E-state index in [1.54, 1.807) is 0 Å². The number of nitrogens with zero attached hydrogens (tertiary/aromatic N) is 1. The maximum absolute atomic E-state index is 5.93. The molecule has 0 N–H and O–H groups in total. The Morgan fingerprint density at radius 2 is 1.41 bits per heavy atom. The van der Waals surface area contributed by atoms with Crippen LogP contribution in [-0.2, 0) is 4.74 Å². The molecule has 0 heterocycles. The fourth-order valence-electron chi connectivity index (χ4n) is 2.31. The lowest BCUT2D eigenvalue weighted by atomic mass is 10.1. The highest BCUT2D eigenvalue weighted by Gasteiger charge is 2.16. The summed E-state index contributed by atoms with van der Waals surface area (Å²) in [5.74, 6) is 2.20. The van der Waals surface area contributed by atoms with Crippen molar-refractivity contribution in [2.45, 2.75) is 40.8 Å². The molecule has 1 rings (SSSR count). The monoisotopic (exact) mass is 329 g/mol. The lowest BCUT2D eigenvalue weighted by Gasteiger charge is -2.31. The molecule has 0 aliphatic carbocycles. The van der Waals surface area contributed by atoms with E-state index in [2.05, 4.69) is 39.5 Å². The molecule has 1 unspecified atom stereocenters. The molecule has 22 heavy (non-hydrogen) atoms. The van der Waals surface area contributed by atoms with E-state index >= 15 is 0 Å². The topological polar surface area (TPSA) is 21.7 Å². The van der Waals surface area contributed by atoms with Gasteiger partial charge in [-0.25, -0.2) is 0 Å². The number of ether oxygens (including phenoxy) is 2. The first-order valence-corrected chi connectivity index (χ1v) is 8.02. The third-order valence-corrected chi connectivity index (χ3v) is 3.17. The Balaban J connectivity index is 0.00000441. The SMILES string of the molecule is CC(C)CN(CC(C)C)C(C)OCCOc1ccccc1.Cl. The molecule has 0 aliphatic rings. The predicted molar refractivity (Wildman–Crippen MR) is 95.8 cm³/mol. The van der Waals surface area contributed by atoms with Gasteiger partial charge in [0.25, 0.3) is 0 Å². The lowest BCUT2D eigenvalue weighted by molar-refractivity contribution is -0.0638. The Hall–Kier alpha value is -0.770. The fourth-order valence-corrected chi connectivity index (χ4v) is 2.31. The summed E-state index contributed by atoms with van der Waals surface area (Å²) >= 11 is 0. The minimum atomic E-state index is 0. The van der Waals surface area contributed by atoms with Crippen molar-refractivity contribution in [3.63, 3.8) is 0 Å². The number of benzene rings is 1. The van der Waals surface area contributed by atoms with Gasteiger partial charge in [0.05, 0.1) is 6.61 Å². The van der Waals surface area contributed by atoms with Gasteiger partial charge in [0.2, 0.25) is 0 Å². The summed E-state index contributed by atoms with van der Waals surface area (Å²) < 4.78 is 11.6. The van der Waals surface area contributed by atoms with E-state index in [1.807, 2.05) is 30.3 Å². The van der Waals surface area contributed by atoms with Crippen LogP contribution in [0.15, 0.2) is 30.3 Å². The van der Waals surface area contributed by atoms with Crippen molar-refractivity contribution in [2.75, 3.05) is 26.3 Å². The quantitative estimate of drug-likeness (QED) is 0.467. The summed E-state index contributed by atoms with van der Waals surface area (Å²) in [5.41, 5.74) is 0. The highest BCUT2D eigenvalue weighted by Crippen LogP contribution is 2.11. The Morgan fingerprint density at radius 1 is 0.864 bits per heavy atom. The number of rotatable bonds is 10. The molecule has 0 radical (unpaired) electrons. The zero-order chi connectivity index (χ0) is 15.7. The van der Waals surface area contributed by atoms with Gasteiger partial charge in [-0.3, -0.25) is 4.90 Å². The van der Waals surface area contributed by atoms with Crippen LogP contribution in [0.4, 0.5) is 0 Å². The molecule has 1 atom stereocenters. The van der Waals surface area contributed by atoms with Crippen LogP contribution in [0.25, 0.3) is 0 Å². The molecular weight excluding hydrogens is 298 g/mol. The van der Waals surface area contributed by atoms with Gasteiger partial charge in [-0.1, -0.05) is 45.9 Å². The van der Waals surface area contributed by atoms with Crippen molar-refractivity contribution in [3.05, 3.63) is 30.3 Å². The van der Waals surface area contributed by atoms with E-state index in [0.717, 1.165) is 18.8 Å². The number of halogens is 1. The molecule has 1 aromatic carbocycles. The first-order chi connectivity index (χ1) is 9.99. The Kier molecular flexibility index (Phi) is 11.3. The second kappa shape index (κ2) is 11.8. The van der Waals surface area contributed by atoms with Crippen LogP contribution in [0.1, 0.15) is 34.6 Å². The molecular formula is C18H32ClNO2. The van der Waals surface area contributed by atoms with Gasteiger partial charge in [0.1, 0.15) is 18.6 Å². The van der Waals surface area contributed by atoms with Gasteiger partial charge in [-0.05, 0) is 30.9 Å². The minimum Gasteiger partial charge on any atom is -0.491 e. The van der Waals surface area contributed by atoms with Crippen LogP contribution in [0.5, 0.6) is 5.75 Å². The number of hydrogen-bond donors (Lipinski definition) is 0. The Bertz CT molecular complexity index is 361. The molecule has 3 nitrogen and oxygen atoms in total. The van der Waals surface area contributed by atoms with E-state index in [0.29, 0.717) is 25.0 Å². The molecule has 0 amide bonds. The Morgan fingerprint density at radius 3 is 1.91 bits per heavy atom. The van der Waals surface area contributed by atoms with E-state index in [-0.39, 0.29) is 18.6 Å². The molecule has 0 aromatic heterocycles. The molecule has 0 bridgehead atoms. The second-order valence-corrected chi connectivity index (χ2v) is 6.37. The van der Waals surface area contributed by atoms with Gasteiger partial charge in [-0.2, -0.15) is 0 Å². The van der Waals surface area contributed by atoms with Gasteiger partial charge < -0.3 is 9.47 Å². The zero-order valence-electron chi connectivity index (χ0n) is 14.6.